The third-order valence-corrected chi connectivity index (χ3v) is 6.55. The first kappa shape index (κ1) is 14.6. The summed E-state index contributed by atoms with van der Waals surface area (Å²) in [5.74, 6) is 0. The molecule has 0 radical (unpaired) electrons. The van der Waals surface area contributed by atoms with Gasteiger partial charge in [0.05, 0.1) is 4.34 Å². The molecule has 0 amide bonds. The van der Waals surface area contributed by atoms with Crippen LogP contribution >= 0.6 is 34.5 Å². The van der Waals surface area contributed by atoms with Crippen LogP contribution in [0.2, 0.25) is 8.67 Å². The molecule has 1 aliphatic carbocycles. The number of rotatable bonds is 4. The molecular formula is C10H14Cl2N2O2S2. The van der Waals surface area contributed by atoms with Gasteiger partial charge in [0.1, 0.15) is 9.23 Å². The van der Waals surface area contributed by atoms with Gasteiger partial charge in [-0.2, -0.15) is 0 Å². The predicted octanol–water partition coefficient (Wildman–Crippen LogP) is 2.60. The van der Waals surface area contributed by atoms with Gasteiger partial charge in [0.2, 0.25) is 10.0 Å². The quantitative estimate of drug-likeness (QED) is 0.892. The Labute approximate surface area is 121 Å². The molecule has 0 atom stereocenters. The maximum absolute atomic E-state index is 12.3. The number of hydrogen-bond donors (Lipinski definition) is 2. The van der Waals surface area contributed by atoms with Crippen LogP contribution in [0.4, 0.5) is 0 Å². The smallest absolute Gasteiger partial charge is 0.243 e. The Morgan fingerprint density at radius 1 is 1.39 bits per heavy atom. The number of sulfonamides is 1. The molecule has 1 saturated carbocycles. The molecule has 3 N–H and O–H groups in total. The second-order valence-electron chi connectivity index (χ2n) is 4.49. The average Bonchev–Trinajstić information content (AvgIpc) is 2.86. The van der Waals surface area contributed by atoms with E-state index in [2.05, 4.69) is 4.72 Å². The van der Waals surface area contributed by atoms with Crippen molar-refractivity contribution in [3.63, 3.8) is 0 Å². The fraction of sp³-hybridized carbons (Fsp3) is 0.600. The number of nitrogens with two attached hydrogens (primary N) is 1. The molecule has 8 heteroatoms. The van der Waals surface area contributed by atoms with E-state index in [-0.39, 0.29) is 9.23 Å². The van der Waals surface area contributed by atoms with E-state index < -0.39 is 15.6 Å². The summed E-state index contributed by atoms with van der Waals surface area (Å²) in [7, 11) is -3.66. The average molecular weight is 329 g/mol. The third-order valence-electron chi connectivity index (χ3n) is 3.22. The van der Waals surface area contributed by atoms with Crippen LogP contribution in [0, 0.1) is 0 Å². The molecule has 1 heterocycles. The molecule has 0 unspecified atom stereocenters. The van der Waals surface area contributed by atoms with Gasteiger partial charge in [-0.3, -0.25) is 0 Å². The maximum Gasteiger partial charge on any atom is 0.243 e. The van der Waals surface area contributed by atoms with Crippen molar-refractivity contribution in [3.05, 3.63) is 14.7 Å². The van der Waals surface area contributed by atoms with Crippen LogP contribution < -0.4 is 10.5 Å². The van der Waals surface area contributed by atoms with E-state index in [1.165, 1.54) is 6.07 Å². The van der Waals surface area contributed by atoms with Gasteiger partial charge >= 0.3 is 0 Å². The van der Waals surface area contributed by atoms with Crippen LogP contribution in [0.25, 0.3) is 0 Å². The summed E-state index contributed by atoms with van der Waals surface area (Å²) in [4.78, 5) is 0.0406. The minimum atomic E-state index is -3.66. The fourth-order valence-corrected chi connectivity index (χ4v) is 5.87. The first-order valence-corrected chi connectivity index (χ1v) is 8.63. The third kappa shape index (κ3) is 2.84. The van der Waals surface area contributed by atoms with Gasteiger partial charge in [0.15, 0.2) is 0 Å². The first-order chi connectivity index (χ1) is 8.38. The minimum Gasteiger partial charge on any atom is -0.329 e. The van der Waals surface area contributed by atoms with E-state index in [1.807, 2.05) is 0 Å². The van der Waals surface area contributed by atoms with Gasteiger partial charge in [0.25, 0.3) is 0 Å². The number of hydrogen-bond acceptors (Lipinski definition) is 4. The highest BCUT2D eigenvalue weighted by Gasteiger charge is 2.37. The molecule has 1 fully saturated rings. The fourth-order valence-electron chi connectivity index (χ4n) is 2.25. The molecule has 0 aromatic carbocycles. The lowest BCUT2D eigenvalue weighted by atomic mass is 10.0. The molecular weight excluding hydrogens is 315 g/mol. The van der Waals surface area contributed by atoms with Crippen molar-refractivity contribution in [2.75, 3.05) is 6.54 Å². The van der Waals surface area contributed by atoms with Crippen molar-refractivity contribution in [2.45, 2.75) is 36.1 Å². The predicted molar refractivity (Wildman–Crippen MR) is 74.9 cm³/mol. The Hall–Kier alpha value is 0.150. The van der Waals surface area contributed by atoms with Crippen LogP contribution in [-0.2, 0) is 10.0 Å². The maximum atomic E-state index is 12.3. The second-order valence-corrected chi connectivity index (χ2v) is 8.42. The van der Waals surface area contributed by atoms with Gasteiger partial charge < -0.3 is 5.73 Å². The van der Waals surface area contributed by atoms with E-state index in [0.717, 1.165) is 37.0 Å². The van der Waals surface area contributed by atoms with E-state index >= 15 is 0 Å². The molecule has 4 nitrogen and oxygen atoms in total. The van der Waals surface area contributed by atoms with E-state index in [9.17, 15) is 8.42 Å². The number of halogens is 2. The van der Waals surface area contributed by atoms with Gasteiger partial charge in [0, 0.05) is 12.1 Å². The van der Waals surface area contributed by atoms with Gasteiger partial charge in [-0.05, 0) is 18.9 Å². The van der Waals surface area contributed by atoms with Crippen molar-refractivity contribution >= 4 is 44.6 Å². The summed E-state index contributed by atoms with van der Waals surface area (Å²) in [6.07, 6.45) is 3.49. The zero-order valence-corrected chi connectivity index (χ0v) is 12.7. The Morgan fingerprint density at radius 3 is 2.44 bits per heavy atom. The highest BCUT2D eigenvalue weighted by molar-refractivity contribution is 7.89. The highest BCUT2D eigenvalue weighted by atomic mass is 35.5. The standard InChI is InChI=1S/C10H14Cl2N2O2S2/c11-8-5-7(9(12)17-8)18(15,16)14-10(6-13)3-1-2-4-10/h5,14H,1-4,6,13H2. The summed E-state index contributed by atoms with van der Waals surface area (Å²) < 4.78 is 27.8. The monoisotopic (exact) mass is 328 g/mol. The molecule has 1 aliphatic rings. The van der Waals surface area contributed by atoms with Crippen LogP contribution in [-0.4, -0.2) is 20.5 Å². The van der Waals surface area contributed by atoms with Gasteiger partial charge in [-0.25, -0.2) is 13.1 Å². The number of thiophene rings is 1. The van der Waals surface area contributed by atoms with Crippen LogP contribution in [0.3, 0.4) is 0 Å². The Kier molecular flexibility index (Phi) is 4.26. The molecule has 1 aromatic rings. The summed E-state index contributed by atoms with van der Waals surface area (Å²) in [6.45, 7) is 0.293. The van der Waals surface area contributed by atoms with E-state index in [0.29, 0.717) is 10.9 Å². The molecule has 2 rings (SSSR count). The zero-order valence-electron chi connectivity index (χ0n) is 9.58. The first-order valence-electron chi connectivity index (χ1n) is 5.57. The van der Waals surface area contributed by atoms with Gasteiger partial charge in [-0.15, -0.1) is 11.3 Å². The largest absolute Gasteiger partial charge is 0.329 e. The van der Waals surface area contributed by atoms with E-state index in [1.54, 1.807) is 0 Å². The molecule has 0 spiro atoms. The Balaban J connectivity index is 2.29. The lowest BCUT2D eigenvalue weighted by Gasteiger charge is -2.28. The summed E-state index contributed by atoms with van der Waals surface area (Å²) in [5.41, 5.74) is 5.18. The topological polar surface area (TPSA) is 72.2 Å². The summed E-state index contributed by atoms with van der Waals surface area (Å²) >= 11 is 12.7. The summed E-state index contributed by atoms with van der Waals surface area (Å²) in [6, 6.07) is 1.37. The molecule has 0 saturated heterocycles. The van der Waals surface area contributed by atoms with Crippen molar-refractivity contribution in [3.8, 4) is 0 Å². The van der Waals surface area contributed by atoms with Crippen LogP contribution in [0.15, 0.2) is 11.0 Å². The normalized spacial score (nSPS) is 19.3. The van der Waals surface area contributed by atoms with Crippen LogP contribution in [0.1, 0.15) is 25.7 Å². The van der Waals surface area contributed by atoms with Gasteiger partial charge in [-0.1, -0.05) is 36.0 Å². The van der Waals surface area contributed by atoms with E-state index in [4.69, 9.17) is 28.9 Å². The second kappa shape index (κ2) is 5.26. The van der Waals surface area contributed by atoms with Crippen molar-refractivity contribution in [2.24, 2.45) is 5.73 Å². The summed E-state index contributed by atoms with van der Waals surface area (Å²) in [5, 5.41) is 0. The highest BCUT2D eigenvalue weighted by Crippen LogP contribution is 2.36. The molecule has 0 aliphatic heterocycles. The number of nitrogens with one attached hydrogen (secondary N) is 1. The minimum absolute atomic E-state index is 0.0406. The Bertz CT molecular complexity index is 536. The van der Waals surface area contributed by atoms with Crippen molar-refractivity contribution < 1.29 is 8.42 Å². The Morgan fingerprint density at radius 2 is 2.00 bits per heavy atom. The molecule has 0 bridgehead atoms. The lowest BCUT2D eigenvalue weighted by molar-refractivity contribution is 0.399. The molecule has 102 valence electrons. The lowest BCUT2D eigenvalue weighted by Crippen LogP contribution is -2.51. The molecule has 1 aromatic heterocycles. The molecule has 18 heavy (non-hydrogen) atoms. The zero-order chi connectivity index (χ0) is 13.4. The SMILES string of the molecule is NCC1(NS(=O)(=O)c2cc(Cl)sc2Cl)CCCC1. The van der Waals surface area contributed by atoms with Crippen molar-refractivity contribution in [1.82, 2.24) is 4.72 Å². The van der Waals surface area contributed by atoms with Crippen molar-refractivity contribution in [1.29, 1.82) is 0 Å². The van der Waals surface area contributed by atoms with Crippen LogP contribution in [0.5, 0.6) is 0 Å².